The molecular formula is C19H20BrFN2O3S. The molecule has 0 radical (unpaired) electrons. The van der Waals surface area contributed by atoms with E-state index in [9.17, 15) is 17.6 Å². The van der Waals surface area contributed by atoms with Gasteiger partial charge in [-0.3, -0.25) is 9.69 Å². The number of ketones is 1. The quantitative estimate of drug-likeness (QED) is 0.650. The van der Waals surface area contributed by atoms with Crippen molar-refractivity contribution >= 4 is 31.7 Å². The Balaban J connectivity index is 1.64. The van der Waals surface area contributed by atoms with E-state index in [1.54, 1.807) is 6.07 Å². The van der Waals surface area contributed by atoms with Gasteiger partial charge in [-0.15, -0.1) is 0 Å². The van der Waals surface area contributed by atoms with Gasteiger partial charge in [-0.1, -0.05) is 34.1 Å². The topological polar surface area (TPSA) is 57.7 Å². The molecule has 0 saturated carbocycles. The Morgan fingerprint density at radius 1 is 1.07 bits per heavy atom. The molecule has 0 unspecified atom stereocenters. The Bertz CT molecular complexity index is 940. The van der Waals surface area contributed by atoms with Crippen LogP contribution in [0, 0.1) is 5.82 Å². The van der Waals surface area contributed by atoms with Crippen LogP contribution in [0.1, 0.15) is 22.8 Å². The minimum atomic E-state index is -3.58. The predicted octanol–water partition coefficient (Wildman–Crippen LogP) is 3.30. The van der Waals surface area contributed by atoms with E-state index >= 15 is 0 Å². The lowest BCUT2D eigenvalue weighted by atomic mass is 10.2. The summed E-state index contributed by atoms with van der Waals surface area (Å²) in [6.45, 7) is 4.03. The van der Waals surface area contributed by atoms with Crippen molar-refractivity contribution in [1.29, 1.82) is 0 Å². The lowest BCUT2D eigenvalue weighted by Gasteiger charge is -2.34. The fourth-order valence-corrected chi connectivity index (χ4v) is 4.93. The summed E-state index contributed by atoms with van der Waals surface area (Å²) in [5, 5.41) is 0. The van der Waals surface area contributed by atoms with Crippen molar-refractivity contribution in [3.05, 3.63) is 63.9 Å². The van der Waals surface area contributed by atoms with Crippen LogP contribution in [0.5, 0.6) is 0 Å². The van der Waals surface area contributed by atoms with E-state index in [2.05, 4.69) is 20.8 Å². The Labute approximate surface area is 167 Å². The van der Waals surface area contributed by atoms with Crippen LogP contribution < -0.4 is 0 Å². The van der Waals surface area contributed by atoms with Crippen LogP contribution >= 0.6 is 15.9 Å². The van der Waals surface area contributed by atoms with Crippen molar-refractivity contribution in [3.8, 4) is 0 Å². The lowest BCUT2D eigenvalue weighted by Crippen LogP contribution is -2.48. The summed E-state index contributed by atoms with van der Waals surface area (Å²) in [6, 6.07) is 10.6. The van der Waals surface area contributed by atoms with Gasteiger partial charge in [0, 0.05) is 42.8 Å². The van der Waals surface area contributed by atoms with E-state index in [4.69, 9.17) is 0 Å². The number of carbonyl (C=O) groups is 1. The second kappa shape index (κ2) is 8.18. The maximum atomic E-state index is 13.2. The van der Waals surface area contributed by atoms with Gasteiger partial charge in [0.1, 0.15) is 5.82 Å². The maximum absolute atomic E-state index is 13.2. The fraction of sp³-hybridized carbons (Fsp3) is 0.316. The smallest absolute Gasteiger partial charge is 0.243 e. The molecule has 2 aromatic carbocycles. The number of halogens is 2. The third-order valence-corrected chi connectivity index (χ3v) is 7.29. The van der Waals surface area contributed by atoms with E-state index in [0.29, 0.717) is 42.8 Å². The SMILES string of the molecule is CC(=O)c1ccc(S(=O)(=O)N2CCN(Cc3ccc(F)cc3Br)CC2)cc1. The fourth-order valence-electron chi connectivity index (χ4n) is 3.03. The van der Waals surface area contributed by atoms with Gasteiger partial charge in [0.15, 0.2) is 5.78 Å². The van der Waals surface area contributed by atoms with Gasteiger partial charge in [-0.05, 0) is 36.8 Å². The van der Waals surface area contributed by atoms with Gasteiger partial charge in [-0.25, -0.2) is 12.8 Å². The van der Waals surface area contributed by atoms with Crippen molar-refractivity contribution in [3.63, 3.8) is 0 Å². The van der Waals surface area contributed by atoms with Crippen molar-refractivity contribution in [2.24, 2.45) is 0 Å². The molecule has 1 aliphatic rings. The molecule has 1 saturated heterocycles. The van der Waals surface area contributed by atoms with Crippen LogP contribution in [-0.2, 0) is 16.6 Å². The number of hydrogen-bond donors (Lipinski definition) is 0. The van der Waals surface area contributed by atoms with Gasteiger partial charge in [0.2, 0.25) is 10.0 Å². The average molecular weight is 455 g/mol. The van der Waals surface area contributed by atoms with Crippen LogP contribution in [0.3, 0.4) is 0 Å². The second-order valence-corrected chi connectivity index (χ2v) is 9.29. The Morgan fingerprint density at radius 3 is 2.26 bits per heavy atom. The van der Waals surface area contributed by atoms with Gasteiger partial charge >= 0.3 is 0 Å². The van der Waals surface area contributed by atoms with E-state index in [-0.39, 0.29) is 16.5 Å². The van der Waals surface area contributed by atoms with Gasteiger partial charge in [0.05, 0.1) is 4.90 Å². The zero-order valence-corrected chi connectivity index (χ0v) is 17.3. The lowest BCUT2D eigenvalue weighted by molar-refractivity contribution is 0.101. The first-order valence-electron chi connectivity index (χ1n) is 8.55. The number of benzene rings is 2. The third kappa shape index (κ3) is 4.63. The summed E-state index contributed by atoms with van der Waals surface area (Å²) >= 11 is 3.37. The van der Waals surface area contributed by atoms with Crippen molar-refractivity contribution in [2.75, 3.05) is 26.2 Å². The number of Topliss-reactive ketones (excluding diaryl/α,β-unsaturated/α-hetero) is 1. The zero-order chi connectivity index (χ0) is 19.6. The van der Waals surface area contributed by atoms with Crippen molar-refractivity contribution < 1.29 is 17.6 Å². The molecular weight excluding hydrogens is 435 g/mol. The van der Waals surface area contributed by atoms with E-state index < -0.39 is 10.0 Å². The summed E-state index contributed by atoms with van der Waals surface area (Å²) in [6.07, 6.45) is 0. The first kappa shape index (κ1) is 20.1. The highest BCUT2D eigenvalue weighted by Gasteiger charge is 2.28. The Morgan fingerprint density at radius 2 is 1.70 bits per heavy atom. The highest BCUT2D eigenvalue weighted by Crippen LogP contribution is 2.22. The summed E-state index contributed by atoms with van der Waals surface area (Å²) < 4.78 is 41.0. The molecule has 0 bridgehead atoms. The molecule has 5 nitrogen and oxygen atoms in total. The molecule has 8 heteroatoms. The summed E-state index contributed by atoms with van der Waals surface area (Å²) in [7, 11) is -3.58. The van der Waals surface area contributed by atoms with Crippen LogP contribution in [0.2, 0.25) is 0 Å². The first-order valence-corrected chi connectivity index (χ1v) is 10.8. The molecule has 144 valence electrons. The monoisotopic (exact) mass is 454 g/mol. The molecule has 0 amide bonds. The summed E-state index contributed by atoms with van der Waals surface area (Å²) in [4.78, 5) is 13.7. The van der Waals surface area contributed by atoms with E-state index in [1.807, 2.05) is 0 Å². The standard InChI is InChI=1S/C19H20BrFN2O3S/c1-14(24)15-3-6-18(7-4-15)27(25,26)23-10-8-22(9-11-23)13-16-2-5-17(21)12-19(16)20/h2-7,12H,8-11,13H2,1H3. The largest absolute Gasteiger partial charge is 0.296 e. The molecule has 3 rings (SSSR count). The van der Waals surface area contributed by atoms with E-state index in [1.165, 1.54) is 47.6 Å². The molecule has 1 fully saturated rings. The van der Waals surface area contributed by atoms with Crippen LogP contribution in [0.15, 0.2) is 51.8 Å². The molecule has 0 aromatic heterocycles. The number of sulfonamides is 1. The normalized spacial score (nSPS) is 16.4. The predicted molar refractivity (Wildman–Crippen MR) is 105 cm³/mol. The second-order valence-electron chi connectivity index (χ2n) is 6.50. The molecule has 0 N–H and O–H groups in total. The molecule has 1 heterocycles. The average Bonchev–Trinajstić information content (AvgIpc) is 2.64. The number of piperazine rings is 1. The zero-order valence-electron chi connectivity index (χ0n) is 14.9. The van der Waals surface area contributed by atoms with Gasteiger partial charge in [-0.2, -0.15) is 4.31 Å². The third-order valence-electron chi connectivity index (χ3n) is 4.64. The number of hydrogen-bond acceptors (Lipinski definition) is 4. The van der Waals surface area contributed by atoms with Crippen LogP contribution in [-0.4, -0.2) is 49.6 Å². The van der Waals surface area contributed by atoms with Gasteiger partial charge < -0.3 is 0 Å². The molecule has 1 aliphatic heterocycles. The maximum Gasteiger partial charge on any atom is 0.243 e. The molecule has 0 atom stereocenters. The van der Waals surface area contributed by atoms with E-state index in [0.717, 1.165) is 5.56 Å². The summed E-state index contributed by atoms with van der Waals surface area (Å²) in [5.41, 5.74) is 1.45. The van der Waals surface area contributed by atoms with Gasteiger partial charge in [0.25, 0.3) is 0 Å². The Kier molecular flexibility index (Phi) is 6.10. The minimum Gasteiger partial charge on any atom is -0.296 e. The number of rotatable bonds is 5. The molecule has 0 spiro atoms. The Hall–Kier alpha value is -1.61. The highest BCUT2D eigenvalue weighted by molar-refractivity contribution is 9.10. The number of nitrogens with zero attached hydrogens (tertiary/aromatic N) is 2. The van der Waals surface area contributed by atoms with Crippen molar-refractivity contribution in [1.82, 2.24) is 9.21 Å². The van der Waals surface area contributed by atoms with Crippen molar-refractivity contribution in [2.45, 2.75) is 18.4 Å². The summed E-state index contributed by atoms with van der Waals surface area (Å²) in [5.74, 6) is -0.392. The minimum absolute atomic E-state index is 0.0977. The van der Waals surface area contributed by atoms with Crippen LogP contribution in [0.4, 0.5) is 4.39 Å². The first-order chi connectivity index (χ1) is 12.8. The molecule has 27 heavy (non-hydrogen) atoms. The van der Waals surface area contributed by atoms with Crippen LogP contribution in [0.25, 0.3) is 0 Å². The molecule has 0 aliphatic carbocycles. The molecule has 2 aromatic rings. The highest BCUT2D eigenvalue weighted by atomic mass is 79.9. The number of carbonyl (C=O) groups excluding carboxylic acids is 1.